The molecule has 1 fully saturated rings. The molecule has 0 spiro atoms. The number of halogens is 1. The molecule has 0 bridgehead atoms. The third kappa shape index (κ3) is 4.42. The maximum atomic E-state index is 12.2. The number of aryl methyl sites for hydroxylation is 1. The van der Waals surface area contributed by atoms with E-state index in [0.29, 0.717) is 44.0 Å². The number of hydrogen-bond donors (Lipinski definition) is 1. The molecule has 0 radical (unpaired) electrons. The van der Waals surface area contributed by atoms with Crippen molar-refractivity contribution in [2.45, 2.75) is 12.8 Å². The highest BCUT2D eigenvalue weighted by Gasteiger charge is 2.27. The van der Waals surface area contributed by atoms with Gasteiger partial charge < -0.3 is 4.90 Å². The molecule has 8 heteroatoms. The summed E-state index contributed by atoms with van der Waals surface area (Å²) < 4.78 is 27.0. The lowest BCUT2D eigenvalue weighted by Crippen LogP contribution is -2.52. The first kappa shape index (κ1) is 17.2. The molecule has 1 saturated heterocycles. The second-order valence-corrected chi connectivity index (χ2v) is 7.43. The van der Waals surface area contributed by atoms with Gasteiger partial charge in [-0.05, 0) is 24.1 Å². The van der Waals surface area contributed by atoms with Crippen molar-refractivity contribution in [2.75, 3.05) is 33.2 Å². The topological polar surface area (TPSA) is 69.7 Å². The van der Waals surface area contributed by atoms with Crippen molar-refractivity contribution >= 4 is 27.7 Å². The number of hydrogen-bond acceptors (Lipinski definition) is 3. The molecule has 1 aromatic carbocycles. The first-order valence-corrected chi connectivity index (χ1v) is 8.95. The van der Waals surface area contributed by atoms with Crippen molar-refractivity contribution in [1.82, 2.24) is 13.9 Å². The van der Waals surface area contributed by atoms with Gasteiger partial charge in [-0.25, -0.2) is 4.72 Å². The highest BCUT2D eigenvalue weighted by Crippen LogP contribution is 2.13. The molecule has 6 nitrogen and oxygen atoms in total. The molecule has 122 valence electrons. The van der Waals surface area contributed by atoms with Gasteiger partial charge in [0.1, 0.15) is 0 Å². The van der Waals surface area contributed by atoms with E-state index in [2.05, 4.69) is 4.72 Å². The molecule has 1 aliphatic heterocycles. The Bertz CT molecular complexity index is 628. The van der Waals surface area contributed by atoms with Crippen molar-refractivity contribution in [1.29, 1.82) is 0 Å². The number of nitrogens with zero attached hydrogens (tertiary/aromatic N) is 2. The highest BCUT2D eigenvalue weighted by molar-refractivity contribution is 7.87. The number of rotatable bonds is 5. The fraction of sp³-hybridized carbons (Fsp3) is 0.500. The predicted octanol–water partition coefficient (Wildman–Crippen LogP) is 0.881. The molecule has 1 N–H and O–H groups in total. The predicted molar refractivity (Wildman–Crippen MR) is 85.9 cm³/mol. The van der Waals surface area contributed by atoms with Gasteiger partial charge in [0.2, 0.25) is 5.91 Å². The lowest BCUT2D eigenvalue weighted by atomic mass is 10.1. The average Bonchev–Trinajstić information content (AvgIpc) is 2.53. The van der Waals surface area contributed by atoms with Crippen LogP contribution in [-0.4, -0.2) is 56.8 Å². The fourth-order valence-electron chi connectivity index (χ4n) is 2.41. The summed E-state index contributed by atoms with van der Waals surface area (Å²) in [7, 11) is -2.01. The van der Waals surface area contributed by atoms with Gasteiger partial charge >= 0.3 is 0 Å². The molecule has 0 atom stereocenters. The van der Waals surface area contributed by atoms with Crippen LogP contribution in [0.5, 0.6) is 0 Å². The minimum absolute atomic E-state index is 0.0430. The van der Waals surface area contributed by atoms with Crippen molar-refractivity contribution in [3.05, 3.63) is 34.9 Å². The zero-order valence-electron chi connectivity index (χ0n) is 12.5. The summed E-state index contributed by atoms with van der Waals surface area (Å²) in [5.74, 6) is 0.0430. The minimum Gasteiger partial charge on any atom is -0.340 e. The standard InChI is InChI=1S/C14H20ClN3O3S/c1-16-22(20,21)18-9-7-17(8-10-18)14(19)6-5-12-3-2-4-13(15)11-12/h2-4,11,16H,5-10H2,1H3. The molecule has 2 rings (SSSR count). The van der Waals surface area contributed by atoms with E-state index in [4.69, 9.17) is 11.6 Å². The molecule has 1 amide bonds. The second kappa shape index (κ2) is 7.41. The van der Waals surface area contributed by atoms with Gasteiger partial charge in [0.25, 0.3) is 10.2 Å². The Hall–Kier alpha value is -1.15. The third-order valence-electron chi connectivity index (χ3n) is 3.71. The van der Waals surface area contributed by atoms with Crippen LogP contribution in [0.1, 0.15) is 12.0 Å². The number of carbonyl (C=O) groups is 1. The third-order valence-corrected chi connectivity index (χ3v) is 5.50. The zero-order chi connectivity index (χ0) is 16.2. The summed E-state index contributed by atoms with van der Waals surface area (Å²) in [6.07, 6.45) is 1.04. The van der Waals surface area contributed by atoms with Crippen LogP contribution in [0, 0.1) is 0 Å². The zero-order valence-corrected chi connectivity index (χ0v) is 14.0. The van der Waals surface area contributed by atoms with Crippen LogP contribution in [0.2, 0.25) is 5.02 Å². The largest absolute Gasteiger partial charge is 0.340 e. The molecular formula is C14H20ClN3O3S. The normalized spacial score (nSPS) is 16.7. The van der Waals surface area contributed by atoms with Gasteiger partial charge in [0.05, 0.1) is 0 Å². The van der Waals surface area contributed by atoms with Crippen LogP contribution in [0.25, 0.3) is 0 Å². The Kier molecular flexibility index (Phi) is 5.80. The van der Waals surface area contributed by atoms with Crippen LogP contribution in [0.15, 0.2) is 24.3 Å². The van der Waals surface area contributed by atoms with E-state index in [-0.39, 0.29) is 5.91 Å². The number of carbonyl (C=O) groups excluding carboxylic acids is 1. The molecular weight excluding hydrogens is 326 g/mol. The van der Waals surface area contributed by atoms with Gasteiger partial charge in [-0.1, -0.05) is 23.7 Å². The molecule has 0 aliphatic carbocycles. The van der Waals surface area contributed by atoms with E-state index >= 15 is 0 Å². The van der Waals surface area contributed by atoms with E-state index in [9.17, 15) is 13.2 Å². The molecule has 1 heterocycles. The van der Waals surface area contributed by atoms with Gasteiger partial charge in [-0.3, -0.25) is 4.79 Å². The van der Waals surface area contributed by atoms with E-state index < -0.39 is 10.2 Å². The average molecular weight is 346 g/mol. The summed E-state index contributed by atoms with van der Waals surface area (Å²) in [5, 5.41) is 0.663. The smallest absolute Gasteiger partial charge is 0.279 e. The van der Waals surface area contributed by atoms with Crippen molar-refractivity contribution in [2.24, 2.45) is 0 Å². The van der Waals surface area contributed by atoms with E-state index in [1.54, 1.807) is 11.0 Å². The minimum atomic E-state index is -3.40. The van der Waals surface area contributed by atoms with E-state index in [1.807, 2.05) is 18.2 Å². The molecule has 1 aromatic rings. The summed E-state index contributed by atoms with van der Waals surface area (Å²) in [6.45, 7) is 1.50. The molecule has 22 heavy (non-hydrogen) atoms. The Morgan fingerprint density at radius 1 is 1.27 bits per heavy atom. The van der Waals surface area contributed by atoms with Crippen LogP contribution in [0.4, 0.5) is 0 Å². The first-order chi connectivity index (χ1) is 10.4. The Morgan fingerprint density at radius 3 is 2.55 bits per heavy atom. The Morgan fingerprint density at radius 2 is 1.95 bits per heavy atom. The second-order valence-electron chi connectivity index (χ2n) is 5.12. The van der Waals surface area contributed by atoms with E-state index in [0.717, 1.165) is 5.56 Å². The Labute approximate surface area is 136 Å². The number of nitrogens with one attached hydrogen (secondary N) is 1. The van der Waals surface area contributed by atoms with Gasteiger partial charge in [0, 0.05) is 44.7 Å². The lowest BCUT2D eigenvalue weighted by molar-refractivity contribution is -0.132. The monoisotopic (exact) mass is 345 g/mol. The Balaban J connectivity index is 1.83. The molecule has 0 saturated carbocycles. The van der Waals surface area contributed by atoms with Gasteiger partial charge in [-0.2, -0.15) is 12.7 Å². The van der Waals surface area contributed by atoms with Crippen LogP contribution < -0.4 is 4.72 Å². The maximum absolute atomic E-state index is 12.2. The first-order valence-electron chi connectivity index (χ1n) is 7.13. The summed E-state index contributed by atoms with van der Waals surface area (Å²) in [4.78, 5) is 13.9. The molecule has 1 aliphatic rings. The number of piperazine rings is 1. The summed E-state index contributed by atoms with van der Waals surface area (Å²) in [6, 6.07) is 7.46. The quantitative estimate of drug-likeness (QED) is 0.861. The van der Waals surface area contributed by atoms with Crippen LogP contribution in [-0.2, 0) is 21.4 Å². The molecule has 0 unspecified atom stereocenters. The fourth-order valence-corrected chi connectivity index (χ4v) is 3.52. The van der Waals surface area contributed by atoms with Crippen LogP contribution >= 0.6 is 11.6 Å². The van der Waals surface area contributed by atoms with Gasteiger partial charge in [0.15, 0.2) is 0 Å². The SMILES string of the molecule is CNS(=O)(=O)N1CCN(C(=O)CCc2cccc(Cl)c2)CC1. The number of benzene rings is 1. The van der Waals surface area contributed by atoms with E-state index in [1.165, 1.54) is 11.4 Å². The summed E-state index contributed by atoms with van der Waals surface area (Å²) >= 11 is 5.92. The molecule has 0 aromatic heterocycles. The van der Waals surface area contributed by atoms with Crippen LogP contribution in [0.3, 0.4) is 0 Å². The highest BCUT2D eigenvalue weighted by atomic mass is 35.5. The van der Waals surface area contributed by atoms with Gasteiger partial charge in [-0.15, -0.1) is 0 Å². The van der Waals surface area contributed by atoms with Crippen molar-refractivity contribution in [3.63, 3.8) is 0 Å². The maximum Gasteiger partial charge on any atom is 0.279 e. The number of amides is 1. The van der Waals surface area contributed by atoms with Crippen molar-refractivity contribution < 1.29 is 13.2 Å². The summed E-state index contributed by atoms with van der Waals surface area (Å²) in [5.41, 5.74) is 1.03. The van der Waals surface area contributed by atoms with Crippen molar-refractivity contribution in [3.8, 4) is 0 Å². The lowest BCUT2D eigenvalue weighted by Gasteiger charge is -2.33.